The van der Waals surface area contributed by atoms with Crippen molar-refractivity contribution in [3.8, 4) is 0 Å². The number of benzene rings is 1. The van der Waals surface area contributed by atoms with Gasteiger partial charge in [-0.2, -0.15) is 0 Å². The summed E-state index contributed by atoms with van der Waals surface area (Å²) >= 11 is 0. The van der Waals surface area contributed by atoms with E-state index in [-0.39, 0.29) is 0 Å². The van der Waals surface area contributed by atoms with Crippen LogP contribution in [0.4, 0.5) is 0 Å². The summed E-state index contributed by atoms with van der Waals surface area (Å²) < 4.78 is 5.47. The normalized spacial score (nSPS) is 25.7. The molecule has 1 unspecified atom stereocenters. The molecule has 0 aromatic heterocycles. The maximum Gasteiger partial charge on any atom is 0.0469 e. The fourth-order valence-electron chi connectivity index (χ4n) is 3.73. The van der Waals surface area contributed by atoms with Crippen LogP contribution in [0.5, 0.6) is 0 Å². The van der Waals surface area contributed by atoms with Gasteiger partial charge < -0.3 is 9.64 Å². The smallest absolute Gasteiger partial charge is 0.0469 e. The lowest BCUT2D eigenvalue weighted by Crippen LogP contribution is -2.40. The zero-order valence-corrected chi connectivity index (χ0v) is 12.5. The molecule has 110 valence electrons. The third kappa shape index (κ3) is 4.07. The number of nitrogens with zero attached hydrogens (tertiary/aromatic N) is 1. The SMILES string of the molecule is c1ccc(CC2CCCN(CC3CCOCC3)C2)cc1. The third-order valence-electron chi connectivity index (χ3n) is 4.83. The first-order chi connectivity index (χ1) is 9.90. The molecule has 0 amide bonds. The summed E-state index contributed by atoms with van der Waals surface area (Å²) in [7, 11) is 0. The minimum Gasteiger partial charge on any atom is -0.381 e. The van der Waals surface area contributed by atoms with Gasteiger partial charge in [-0.05, 0) is 56.0 Å². The highest BCUT2D eigenvalue weighted by Crippen LogP contribution is 2.23. The number of piperidine rings is 1. The molecular formula is C18H27NO. The molecule has 2 fully saturated rings. The van der Waals surface area contributed by atoms with Crippen molar-refractivity contribution in [2.45, 2.75) is 32.1 Å². The fourth-order valence-corrected chi connectivity index (χ4v) is 3.73. The van der Waals surface area contributed by atoms with E-state index in [0.29, 0.717) is 0 Å². The van der Waals surface area contributed by atoms with E-state index in [1.54, 1.807) is 0 Å². The molecule has 0 saturated carbocycles. The van der Waals surface area contributed by atoms with E-state index in [9.17, 15) is 0 Å². The van der Waals surface area contributed by atoms with Gasteiger partial charge in [-0.25, -0.2) is 0 Å². The van der Waals surface area contributed by atoms with E-state index in [1.165, 1.54) is 57.3 Å². The number of likely N-dealkylation sites (tertiary alicyclic amines) is 1. The zero-order chi connectivity index (χ0) is 13.6. The molecule has 0 radical (unpaired) electrons. The Morgan fingerprint density at radius 1 is 1.00 bits per heavy atom. The Kier molecular flexibility index (Phi) is 5.10. The Balaban J connectivity index is 1.48. The summed E-state index contributed by atoms with van der Waals surface area (Å²) in [6.45, 7) is 5.86. The summed E-state index contributed by atoms with van der Waals surface area (Å²) in [5.41, 5.74) is 1.51. The van der Waals surface area contributed by atoms with Gasteiger partial charge in [0.25, 0.3) is 0 Å². The topological polar surface area (TPSA) is 12.5 Å². The molecule has 0 aliphatic carbocycles. The maximum atomic E-state index is 5.47. The van der Waals surface area contributed by atoms with Crippen molar-refractivity contribution in [3.63, 3.8) is 0 Å². The molecule has 2 nitrogen and oxygen atoms in total. The molecule has 2 aliphatic heterocycles. The highest BCUT2D eigenvalue weighted by Gasteiger charge is 2.23. The average molecular weight is 273 g/mol. The first-order valence-electron chi connectivity index (χ1n) is 8.24. The van der Waals surface area contributed by atoms with Crippen molar-refractivity contribution in [1.29, 1.82) is 0 Å². The van der Waals surface area contributed by atoms with Gasteiger partial charge in [0.1, 0.15) is 0 Å². The van der Waals surface area contributed by atoms with Gasteiger partial charge in [-0.15, -0.1) is 0 Å². The fraction of sp³-hybridized carbons (Fsp3) is 0.667. The average Bonchev–Trinajstić information content (AvgIpc) is 2.50. The Morgan fingerprint density at radius 2 is 1.80 bits per heavy atom. The number of rotatable bonds is 4. The molecule has 1 atom stereocenters. The van der Waals surface area contributed by atoms with Crippen molar-refractivity contribution >= 4 is 0 Å². The highest BCUT2D eigenvalue weighted by molar-refractivity contribution is 5.15. The van der Waals surface area contributed by atoms with Crippen molar-refractivity contribution in [3.05, 3.63) is 35.9 Å². The molecule has 1 aromatic rings. The molecule has 2 aliphatic rings. The monoisotopic (exact) mass is 273 g/mol. The largest absolute Gasteiger partial charge is 0.381 e. The van der Waals surface area contributed by atoms with Crippen LogP contribution in [0, 0.1) is 11.8 Å². The minimum atomic E-state index is 0.853. The summed E-state index contributed by atoms with van der Waals surface area (Å²) in [6, 6.07) is 11.0. The lowest BCUT2D eigenvalue weighted by molar-refractivity contribution is 0.0452. The van der Waals surface area contributed by atoms with E-state index in [2.05, 4.69) is 35.2 Å². The van der Waals surface area contributed by atoms with Crippen molar-refractivity contribution < 1.29 is 4.74 Å². The van der Waals surface area contributed by atoms with Crippen molar-refractivity contribution in [1.82, 2.24) is 4.90 Å². The summed E-state index contributed by atoms with van der Waals surface area (Å²) in [4.78, 5) is 2.72. The number of hydrogen-bond donors (Lipinski definition) is 0. The lowest BCUT2D eigenvalue weighted by Gasteiger charge is -2.36. The lowest BCUT2D eigenvalue weighted by atomic mass is 9.90. The first-order valence-corrected chi connectivity index (χ1v) is 8.24. The first kappa shape index (κ1) is 14.1. The van der Waals surface area contributed by atoms with Gasteiger partial charge in [0.15, 0.2) is 0 Å². The van der Waals surface area contributed by atoms with Crippen LogP contribution in [-0.4, -0.2) is 37.7 Å². The van der Waals surface area contributed by atoms with Gasteiger partial charge in [0.2, 0.25) is 0 Å². The van der Waals surface area contributed by atoms with Gasteiger partial charge in [0, 0.05) is 26.3 Å². The second-order valence-corrected chi connectivity index (χ2v) is 6.51. The van der Waals surface area contributed by atoms with Crippen LogP contribution in [0.25, 0.3) is 0 Å². The quantitative estimate of drug-likeness (QED) is 0.834. The van der Waals surface area contributed by atoms with Crippen LogP contribution < -0.4 is 0 Å². The Morgan fingerprint density at radius 3 is 2.60 bits per heavy atom. The summed E-state index contributed by atoms with van der Waals surface area (Å²) in [5, 5.41) is 0. The molecule has 0 bridgehead atoms. The van der Waals surface area contributed by atoms with Crippen molar-refractivity contribution in [2.75, 3.05) is 32.8 Å². The number of hydrogen-bond acceptors (Lipinski definition) is 2. The Labute approximate surface area is 123 Å². The molecule has 0 N–H and O–H groups in total. The molecule has 3 rings (SSSR count). The predicted molar refractivity (Wildman–Crippen MR) is 82.9 cm³/mol. The molecule has 2 heteroatoms. The van der Waals surface area contributed by atoms with Crippen LogP contribution in [-0.2, 0) is 11.2 Å². The molecule has 0 spiro atoms. The standard InChI is InChI=1S/C18H27NO/c1-2-5-16(6-3-1)13-18-7-4-10-19(15-18)14-17-8-11-20-12-9-17/h1-3,5-6,17-18H,4,7-15H2. The van der Waals surface area contributed by atoms with E-state index >= 15 is 0 Å². The van der Waals surface area contributed by atoms with Crippen LogP contribution >= 0.6 is 0 Å². The van der Waals surface area contributed by atoms with Crippen LogP contribution in [0.15, 0.2) is 30.3 Å². The van der Waals surface area contributed by atoms with Crippen LogP contribution in [0.2, 0.25) is 0 Å². The Hall–Kier alpha value is -0.860. The van der Waals surface area contributed by atoms with Gasteiger partial charge in [-0.3, -0.25) is 0 Å². The van der Waals surface area contributed by atoms with E-state index in [1.807, 2.05) is 0 Å². The van der Waals surface area contributed by atoms with E-state index < -0.39 is 0 Å². The molecule has 1 aromatic carbocycles. The summed E-state index contributed by atoms with van der Waals surface area (Å²) in [6.07, 6.45) is 6.56. The molecule has 2 heterocycles. The van der Waals surface area contributed by atoms with Gasteiger partial charge in [0.05, 0.1) is 0 Å². The summed E-state index contributed by atoms with van der Waals surface area (Å²) in [5.74, 6) is 1.73. The second kappa shape index (κ2) is 7.24. The van der Waals surface area contributed by atoms with Gasteiger partial charge >= 0.3 is 0 Å². The highest BCUT2D eigenvalue weighted by atomic mass is 16.5. The minimum absolute atomic E-state index is 0.853. The van der Waals surface area contributed by atoms with Crippen LogP contribution in [0.3, 0.4) is 0 Å². The zero-order valence-electron chi connectivity index (χ0n) is 12.5. The molecule has 20 heavy (non-hydrogen) atoms. The van der Waals surface area contributed by atoms with Gasteiger partial charge in [-0.1, -0.05) is 30.3 Å². The predicted octanol–water partition coefficient (Wildman–Crippen LogP) is 3.37. The Bertz CT molecular complexity index is 386. The van der Waals surface area contributed by atoms with Crippen molar-refractivity contribution in [2.24, 2.45) is 11.8 Å². The van der Waals surface area contributed by atoms with Crippen LogP contribution in [0.1, 0.15) is 31.2 Å². The maximum absolute atomic E-state index is 5.47. The molecule has 2 saturated heterocycles. The third-order valence-corrected chi connectivity index (χ3v) is 4.83. The van der Waals surface area contributed by atoms with E-state index in [0.717, 1.165) is 25.0 Å². The van der Waals surface area contributed by atoms with E-state index in [4.69, 9.17) is 4.74 Å². The second-order valence-electron chi connectivity index (χ2n) is 6.51. The number of ether oxygens (including phenoxy) is 1. The molecular weight excluding hydrogens is 246 g/mol.